The summed E-state index contributed by atoms with van der Waals surface area (Å²) in [4.78, 5) is 16.6. The highest BCUT2D eigenvalue weighted by Gasteiger charge is 2.40. The lowest BCUT2D eigenvalue weighted by molar-refractivity contribution is -0.118. The first-order valence-corrected chi connectivity index (χ1v) is 7.64. The van der Waals surface area contributed by atoms with Gasteiger partial charge in [-0.05, 0) is 36.6 Å². The molecule has 0 aliphatic heterocycles. The highest BCUT2D eigenvalue weighted by Crippen LogP contribution is 2.37. The van der Waals surface area contributed by atoms with Crippen molar-refractivity contribution in [2.24, 2.45) is 0 Å². The summed E-state index contributed by atoms with van der Waals surface area (Å²) in [6.07, 6.45) is 6.70. The minimum absolute atomic E-state index is 0.223. The molecule has 0 atom stereocenters. The lowest BCUT2D eigenvalue weighted by atomic mass is 9.96. The number of aryl methyl sites for hydroxylation is 1. The fourth-order valence-corrected chi connectivity index (χ4v) is 2.90. The molecule has 1 fully saturated rings. The summed E-state index contributed by atoms with van der Waals surface area (Å²) in [6.45, 7) is 1.73. The molecule has 0 unspecified atom stereocenters. The average Bonchev–Trinajstić information content (AvgIpc) is 3.17. The summed E-state index contributed by atoms with van der Waals surface area (Å²) in [5, 5.41) is 7.00. The maximum atomic E-state index is 12.9. The Bertz CT molecular complexity index is 716. The van der Waals surface area contributed by atoms with Crippen molar-refractivity contribution in [3.05, 3.63) is 53.4 Å². The third-order valence-electron chi connectivity index (χ3n) is 4.07. The van der Waals surface area contributed by atoms with Crippen LogP contribution < -0.4 is 5.32 Å². The van der Waals surface area contributed by atoms with Gasteiger partial charge in [0.25, 0.3) is 0 Å². The molecular formula is C17H18FN3O2. The summed E-state index contributed by atoms with van der Waals surface area (Å²) in [5.41, 5.74) is 0.208. The monoisotopic (exact) mass is 315 g/mol. The molecule has 1 aliphatic rings. The quantitative estimate of drug-likeness (QED) is 0.880. The van der Waals surface area contributed by atoms with E-state index in [1.54, 1.807) is 25.1 Å². The smallest absolute Gasteiger partial charge is 0.244 e. The molecule has 0 bridgehead atoms. The van der Waals surface area contributed by atoms with Crippen molar-refractivity contribution < 1.29 is 13.7 Å². The molecule has 1 saturated carbocycles. The standard InChI is InChI=1S/C17H18FN3O2/c1-12-19-16(21-23-12)17(10-2-3-11-17)20-15(22)9-6-13-4-7-14(18)8-5-13/h4-9H,2-3,10-11H2,1H3,(H,20,22)/b9-6+. The number of aromatic nitrogens is 2. The fraction of sp³-hybridized carbons (Fsp3) is 0.353. The first-order valence-electron chi connectivity index (χ1n) is 7.64. The van der Waals surface area contributed by atoms with Gasteiger partial charge in [-0.25, -0.2) is 4.39 Å². The Morgan fingerprint density at radius 1 is 1.30 bits per heavy atom. The number of hydrogen-bond donors (Lipinski definition) is 1. The van der Waals surface area contributed by atoms with Gasteiger partial charge in [0.2, 0.25) is 11.8 Å². The zero-order chi connectivity index (χ0) is 16.3. The van der Waals surface area contributed by atoms with Gasteiger partial charge in [0.1, 0.15) is 11.4 Å². The van der Waals surface area contributed by atoms with E-state index in [0.717, 1.165) is 31.2 Å². The van der Waals surface area contributed by atoms with Crippen LogP contribution in [-0.4, -0.2) is 16.0 Å². The van der Waals surface area contributed by atoms with Crippen LogP contribution in [-0.2, 0) is 10.3 Å². The first kappa shape index (κ1) is 15.4. The van der Waals surface area contributed by atoms with Crippen molar-refractivity contribution in [3.63, 3.8) is 0 Å². The second-order valence-electron chi connectivity index (χ2n) is 5.80. The van der Waals surface area contributed by atoms with Crippen molar-refractivity contribution in [1.82, 2.24) is 15.5 Å². The van der Waals surface area contributed by atoms with Gasteiger partial charge < -0.3 is 9.84 Å². The Hall–Kier alpha value is -2.50. The molecule has 23 heavy (non-hydrogen) atoms. The third-order valence-corrected chi connectivity index (χ3v) is 4.07. The minimum atomic E-state index is -0.554. The minimum Gasteiger partial charge on any atom is -0.340 e. The molecule has 2 aromatic rings. The van der Waals surface area contributed by atoms with E-state index in [1.807, 2.05) is 0 Å². The van der Waals surface area contributed by atoms with E-state index in [4.69, 9.17) is 4.52 Å². The van der Waals surface area contributed by atoms with Gasteiger partial charge in [0, 0.05) is 13.0 Å². The number of halogens is 1. The summed E-state index contributed by atoms with van der Waals surface area (Å²) in [7, 11) is 0. The van der Waals surface area contributed by atoms with Crippen molar-refractivity contribution in [1.29, 1.82) is 0 Å². The van der Waals surface area contributed by atoms with Gasteiger partial charge in [0.15, 0.2) is 5.82 Å². The van der Waals surface area contributed by atoms with E-state index in [9.17, 15) is 9.18 Å². The molecule has 0 spiro atoms. The van der Waals surface area contributed by atoms with Gasteiger partial charge >= 0.3 is 0 Å². The second-order valence-corrected chi connectivity index (χ2v) is 5.80. The zero-order valence-electron chi connectivity index (χ0n) is 12.9. The molecule has 1 N–H and O–H groups in total. The maximum Gasteiger partial charge on any atom is 0.244 e. The van der Waals surface area contributed by atoms with Gasteiger partial charge in [-0.2, -0.15) is 4.98 Å². The lowest BCUT2D eigenvalue weighted by Crippen LogP contribution is -2.44. The molecule has 1 aromatic carbocycles. The Morgan fingerprint density at radius 3 is 2.61 bits per heavy atom. The van der Waals surface area contributed by atoms with Crippen LogP contribution in [0.4, 0.5) is 4.39 Å². The molecule has 5 nitrogen and oxygen atoms in total. The van der Waals surface area contributed by atoms with Crippen LogP contribution in [0.1, 0.15) is 43.0 Å². The number of hydrogen-bond acceptors (Lipinski definition) is 4. The van der Waals surface area contributed by atoms with Gasteiger partial charge in [-0.3, -0.25) is 4.79 Å². The summed E-state index contributed by atoms with van der Waals surface area (Å²) in [6, 6.07) is 5.95. The van der Waals surface area contributed by atoms with Gasteiger partial charge in [-0.15, -0.1) is 0 Å². The Morgan fingerprint density at radius 2 is 2.00 bits per heavy atom. The van der Waals surface area contributed by atoms with E-state index in [1.165, 1.54) is 18.2 Å². The average molecular weight is 315 g/mol. The van der Waals surface area contributed by atoms with Crippen molar-refractivity contribution in [2.75, 3.05) is 0 Å². The highest BCUT2D eigenvalue weighted by atomic mass is 19.1. The van der Waals surface area contributed by atoms with Gasteiger partial charge in [0.05, 0.1) is 0 Å². The van der Waals surface area contributed by atoms with Crippen LogP contribution in [0, 0.1) is 12.7 Å². The molecule has 0 saturated heterocycles. The lowest BCUT2D eigenvalue weighted by Gasteiger charge is -2.25. The van der Waals surface area contributed by atoms with Gasteiger partial charge in [-0.1, -0.05) is 30.1 Å². The number of nitrogens with zero attached hydrogens (tertiary/aromatic N) is 2. The van der Waals surface area contributed by atoms with Crippen LogP contribution in [0.25, 0.3) is 6.08 Å². The Balaban J connectivity index is 1.73. The Kier molecular flexibility index (Phi) is 4.23. The van der Waals surface area contributed by atoms with Crippen LogP contribution in [0.5, 0.6) is 0 Å². The summed E-state index contributed by atoms with van der Waals surface area (Å²) in [5.74, 6) is 0.501. The summed E-state index contributed by atoms with van der Waals surface area (Å²) >= 11 is 0. The first-order chi connectivity index (χ1) is 11.1. The van der Waals surface area contributed by atoms with Crippen molar-refractivity contribution >= 4 is 12.0 Å². The molecule has 0 radical (unpaired) electrons. The topological polar surface area (TPSA) is 68.0 Å². The molecule has 1 heterocycles. The van der Waals surface area contributed by atoms with E-state index in [0.29, 0.717) is 11.7 Å². The molecule has 120 valence electrons. The van der Waals surface area contributed by atoms with Crippen LogP contribution in [0.3, 0.4) is 0 Å². The van der Waals surface area contributed by atoms with Crippen LogP contribution in [0.15, 0.2) is 34.9 Å². The van der Waals surface area contributed by atoms with E-state index in [-0.39, 0.29) is 11.7 Å². The normalized spacial score (nSPS) is 16.8. The number of nitrogens with one attached hydrogen (secondary N) is 1. The molecule has 1 aromatic heterocycles. The fourth-order valence-electron chi connectivity index (χ4n) is 2.90. The van der Waals surface area contributed by atoms with Crippen LogP contribution in [0.2, 0.25) is 0 Å². The third kappa shape index (κ3) is 3.47. The molecule has 6 heteroatoms. The van der Waals surface area contributed by atoms with Crippen molar-refractivity contribution in [2.45, 2.75) is 38.1 Å². The van der Waals surface area contributed by atoms with E-state index >= 15 is 0 Å². The molecule has 1 amide bonds. The summed E-state index contributed by atoms with van der Waals surface area (Å²) < 4.78 is 17.9. The second kappa shape index (κ2) is 6.32. The number of carbonyl (C=O) groups is 1. The Labute approximate surface area is 133 Å². The predicted molar refractivity (Wildman–Crippen MR) is 82.8 cm³/mol. The maximum absolute atomic E-state index is 12.9. The van der Waals surface area contributed by atoms with Crippen LogP contribution >= 0.6 is 0 Å². The molecule has 3 rings (SSSR count). The molecular weight excluding hydrogens is 297 g/mol. The number of carbonyl (C=O) groups excluding carboxylic acids is 1. The number of amides is 1. The zero-order valence-corrected chi connectivity index (χ0v) is 12.9. The number of rotatable bonds is 4. The predicted octanol–water partition coefficient (Wildman–Crippen LogP) is 3.12. The SMILES string of the molecule is Cc1nc(C2(NC(=O)/C=C/c3ccc(F)cc3)CCCC2)no1. The number of benzene rings is 1. The van der Waals surface area contributed by atoms with E-state index < -0.39 is 5.54 Å². The largest absolute Gasteiger partial charge is 0.340 e. The van der Waals surface area contributed by atoms with E-state index in [2.05, 4.69) is 15.5 Å². The molecule has 1 aliphatic carbocycles. The van der Waals surface area contributed by atoms with Crippen molar-refractivity contribution in [3.8, 4) is 0 Å². The highest BCUT2D eigenvalue weighted by molar-refractivity contribution is 5.92.